The van der Waals surface area contributed by atoms with Crippen LogP contribution in [0, 0.1) is 5.82 Å². The predicted octanol–water partition coefficient (Wildman–Crippen LogP) is 2.37. The van der Waals surface area contributed by atoms with Crippen LogP contribution >= 0.6 is 23.2 Å². The van der Waals surface area contributed by atoms with Gasteiger partial charge in [-0.3, -0.25) is 0 Å². The van der Waals surface area contributed by atoms with Gasteiger partial charge in [0.25, 0.3) is 0 Å². The van der Waals surface area contributed by atoms with Gasteiger partial charge in [0.2, 0.25) is 5.28 Å². The molecule has 0 saturated heterocycles. The van der Waals surface area contributed by atoms with Gasteiger partial charge >= 0.3 is 0 Å². The summed E-state index contributed by atoms with van der Waals surface area (Å²) in [6.07, 6.45) is 2.78. The lowest BCUT2D eigenvalue weighted by molar-refractivity contribution is 0.608. The summed E-state index contributed by atoms with van der Waals surface area (Å²) < 4.78 is 12.6. The predicted molar refractivity (Wildman–Crippen MR) is 66.2 cm³/mol. The number of nitrogens with zero attached hydrogens (tertiary/aromatic N) is 4. The second-order valence-corrected chi connectivity index (χ2v) is 4.06. The molecule has 0 spiro atoms. The molecule has 2 aromatic rings. The minimum Gasteiger partial charge on any atom is -0.369 e. The molecule has 0 aliphatic rings. The zero-order chi connectivity index (χ0) is 13.0. The van der Waals surface area contributed by atoms with E-state index in [1.807, 2.05) is 0 Å². The van der Waals surface area contributed by atoms with Crippen molar-refractivity contribution in [3.05, 3.63) is 40.5 Å². The minimum atomic E-state index is -0.457. The smallest absolute Gasteiger partial charge is 0.225 e. The first-order chi connectivity index (χ1) is 8.63. The Morgan fingerprint density at radius 3 is 2.56 bits per heavy atom. The molecular formula is C10H8Cl2FN5. The van der Waals surface area contributed by atoms with Gasteiger partial charge in [-0.25, -0.2) is 24.3 Å². The van der Waals surface area contributed by atoms with Crippen LogP contribution in [0.2, 0.25) is 10.4 Å². The highest BCUT2D eigenvalue weighted by Gasteiger charge is 2.02. The molecule has 18 heavy (non-hydrogen) atoms. The van der Waals surface area contributed by atoms with Gasteiger partial charge in [-0.15, -0.1) is 0 Å². The van der Waals surface area contributed by atoms with Crippen molar-refractivity contribution >= 4 is 29.0 Å². The van der Waals surface area contributed by atoms with Crippen LogP contribution < -0.4 is 5.32 Å². The molecule has 1 N–H and O–H groups in total. The Balaban J connectivity index is 1.90. The van der Waals surface area contributed by atoms with Crippen LogP contribution in [0.15, 0.2) is 18.5 Å². The summed E-state index contributed by atoms with van der Waals surface area (Å²) >= 11 is 11.4. The highest BCUT2D eigenvalue weighted by Crippen LogP contribution is 2.14. The number of nitrogens with one attached hydrogen (secondary N) is 1. The summed E-state index contributed by atoms with van der Waals surface area (Å²) in [5.74, 6) is 0.596. The number of hydrogen-bond acceptors (Lipinski definition) is 5. The number of aromatic nitrogens is 4. The second-order valence-electron chi connectivity index (χ2n) is 3.34. The topological polar surface area (TPSA) is 63.6 Å². The maximum absolute atomic E-state index is 12.6. The van der Waals surface area contributed by atoms with Crippen molar-refractivity contribution in [1.82, 2.24) is 19.9 Å². The molecule has 0 atom stereocenters. The molecule has 2 heterocycles. The van der Waals surface area contributed by atoms with E-state index in [0.29, 0.717) is 24.6 Å². The lowest BCUT2D eigenvalue weighted by atomic mass is 10.4. The fourth-order valence-electron chi connectivity index (χ4n) is 1.25. The highest BCUT2D eigenvalue weighted by atomic mass is 35.5. The lowest BCUT2D eigenvalue weighted by Crippen LogP contribution is -2.09. The standard InChI is InChI=1S/C10H8Cl2FN5/c11-7-3-9(18-10(12)17-7)14-2-1-8-15-4-6(13)5-16-8/h3-5H,1-2H2,(H,14,17,18). The van der Waals surface area contributed by atoms with E-state index in [4.69, 9.17) is 23.2 Å². The number of rotatable bonds is 4. The Morgan fingerprint density at radius 2 is 1.89 bits per heavy atom. The van der Waals surface area contributed by atoms with Crippen molar-refractivity contribution in [2.75, 3.05) is 11.9 Å². The van der Waals surface area contributed by atoms with E-state index in [0.717, 1.165) is 12.4 Å². The van der Waals surface area contributed by atoms with Gasteiger partial charge in [-0.1, -0.05) is 11.6 Å². The third-order valence-electron chi connectivity index (χ3n) is 2.00. The van der Waals surface area contributed by atoms with Gasteiger partial charge in [0.15, 0.2) is 5.82 Å². The maximum atomic E-state index is 12.6. The summed E-state index contributed by atoms with van der Waals surface area (Å²) in [6, 6.07) is 1.55. The molecule has 0 aliphatic heterocycles. The third-order valence-corrected chi connectivity index (χ3v) is 2.36. The fraction of sp³-hybridized carbons (Fsp3) is 0.200. The van der Waals surface area contributed by atoms with Crippen molar-refractivity contribution in [3.63, 3.8) is 0 Å². The van der Waals surface area contributed by atoms with Gasteiger partial charge in [-0.2, -0.15) is 0 Å². The van der Waals surface area contributed by atoms with Gasteiger partial charge in [0, 0.05) is 19.0 Å². The molecule has 0 aromatic carbocycles. The van der Waals surface area contributed by atoms with Crippen molar-refractivity contribution in [3.8, 4) is 0 Å². The first kappa shape index (κ1) is 12.9. The number of halogens is 3. The largest absolute Gasteiger partial charge is 0.369 e. The van der Waals surface area contributed by atoms with Gasteiger partial charge < -0.3 is 5.32 Å². The average Bonchev–Trinajstić information content (AvgIpc) is 2.30. The highest BCUT2D eigenvalue weighted by molar-refractivity contribution is 6.32. The van der Waals surface area contributed by atoms with Crippen LogP contribution in [0.5, 0.6) is 0 Å². The molecule has 0 fully saturated rings. The molecular weight excluding hydrogens is 280 g/mol. The fourth-order valence-corrected chi connectivity index (χ4v) is 1.66. The first-order valence-electron chi connectivity index (χ1n) is 5.04. The van der Waals surface area contributed by atoms with Crippen molar-refractivity contribution < 1.29 is 4.39 Å². The SMILES string of the molecule is Fc1cnc(CCNc2cc(Cl)nc(Cl)n2)nc1. The van der Waals surface area contributed by atoms with Gasteiger partial charge in [0.05, 0.1) is 12.4 Å². The zero-order valence-electron chi connectivity index (χ0n) is 9.07. The molecule has 94 valence electrons. The Hall–Kier alpha value is -1.53. The summed E-state index contributed by atoms with van der Waals surface area (Å²) in [7, 11) is 0. The minimum absolute atomic E-state index is 0.0723. The van der Waals surface area contributed by atoms with Crippen molar-refractivity contribution in [2.24, 2.45) is 0 Å². The average molecular weight is 288 g/mol. The molecule has 0 saturated carbocycles. The molecule has 2 rings (SSSR count). The van der Waals surface area contributed by atoms with Crippen LogP contribution in [0.4, 0.5) is 10.2 Å². The molecule has 8 heteroatoms. The summed E-state index contributed by atoms with van der Waals surface area (Å²) in [5, 5.41) is 3.33. The Bertz CT molecular complexity index is 514. The third kappa shape index (κ3) is 3.75. The maximum Gasteiger partial charge on any atom is 0.225 e. The van der Waals surface area contributed by atoms with Crippen LogP contribution in [0.1, 0.15) is 5.82 Å². The molecule has 5 nitrogen and oxygen atoms in total. The number of hydrogen-bond donors (Lipinski definition) is 1. The van der Waals surface area contributed by atoms with E-state index in [1.165, 1.54) is 0 Å². The summed E-state index contributed by atoms with van der Waals surface area (Å²) in [4.78, 5) is 15.3. The summed E-state index contributed by atoms with van der Waals surface area (Å²) in [5.41, 5.74) is 0. The molecule has 0 unspecified atom stereocenters. The van der Waals surface area contributed by atoms with Crippen LogP contribution in [-0.2, 0) is 6.42 Å². The first-order valence-corrected chi connectivity index (χ1v) is 5.79. The van der Waals surface area contributed by atoms with Crippen LogP contribution in [0.25, 0.3) is 0 Å². The van der Waals surface area contributed by atoms with E-state index in [1.54, 1.807) is 6.07 Å². The zero-order valence-corrected chi connectivity index (χ0v) is 10.6. The Labute approximate surface area is 112 Å². The van der Waals surface area contributed by atoms with E-state index >= 15 is 0 Å². The van der Waals surface area contributed by atoms with Crippen molar-refractivity contribution in [2.45, 2.75) is 6.42 Å². The van der Waals surface area contributed by atoms with E-state index in [-0.39, 0.29) is 10.4 Å². The normalized spacial score (nSPS) is 10.4. The van der Waals surface area contributed by atoms with E-state index in [9.17, 15) is 4.39 Å². The Kier molecular flexibility index (Phi) is 4.22. The molecule has 0 amide bonds. The van der Waals surface area contributed by atoms with Crippen LogP contribution in [-0.4, -0.2) is 26.5 Å². The second kappa shape index (κ2) is 5.88. The van der Waals surface area contributed by atoms with Crippen molar-refractivity contribution in [1.29, 1.82) is 0 Å². The molecule has 0 radical (unpaired) electrons. The Morgan fingerprint density at radius 1 is 1.17 bits per heavy atom. The number of anilines is 1. The molecule has 0 bridgehead atoms. The monoisotopic (exact) mass is 287 g/mol. The van der Waals surface area contributed by atoms with Crippen LogP contribution in [0.3, 0.4) is 0 Å². The molecule has 2 aromatic heterocycles. The van der Waals surface area contributed by atoms with Gasteiger partial charge in [0.1, 0.15) is 16.8 Å². The quantitative estimate of drug-likeness (QED) is 0.691. The van der Waals surface area contributed by atoms with Gasteiger partial charge in [-0.05, 0) is 11.6 Å². The van der Waals surface area contributed by atoms with E-state index in [2.05, 4.69) is 25.3 Å². The lowest BCUT2D eigenvalue weighted by Gasteiger charge is -2.05. The summed E-state index contributed by atoms with van der Waals surface area (Å²) in [6.45, 7) is 0.523. The van der Waals surface area contributed by atoms with E-state index < -0.39 is 5.82 Å². The molecule has 0 aliphatic carbocycles.